The summed E-state index contributed by atoms with van der Waals surface area (Å²) in [6.07, 6.45) is 0. The number of rotatable bonds is 4. The van der Waals surface area contributed by atoms with Crippen LogP contribution in [-0.2, 0) is 23.9 Å². The van der Waals surface area contributed by atoms with Crippen molar-refractivity contribution in [3.63, 3.8) is 0 Å². The van der Waals surface area contributed by atoms with Crippen LogP contribution in [-0.4, -0.2) is 40.3 Å². The average Bonchev–Trinajstić information content (AvgIpc) is 2.10. The lowest BCUT2D eigenvalue weighted by atomic mass is 10.00. The zero-order chi connectivity index (χ0) is 16.3. The summed E-state index contributed by atoms with van der Waals surface area (Å²) in [5.74, 6) is -5.36. The molecule has 2 unspecified atom stereocenters. The second-order valence-electron chi connectivity index (χ2n) is 6.41. The van der Waals surface area contributed by atoms with E-state index in [9.17, 15) is 14.4 Å². The molecule has 20 heavy (non-hydrogen) atoms. The van der Waals surface area contributed by atoms with Gasteiger partial charge in [0.05, 0.1) is 0 Å². The van der Waals surface area contributed by atoms with E-state index in [1.54, 1.807) is 41.5 Å². The zero-order valence-electron chi connectivity index (χ0n) is 12.7. The van der Waals surface area contributed by atoms with E-state index in [0.29, 0.717) is 0 Å². The van der Waals surface area contributed by atoms with Crippen LogP contribution in [0.4, 0.5) is 0 Å². The minimum atomic E-state index is -1.80. The fourth-order valence-corrected chi connectivity index (χ4v) is 1.27. The normalized spacial score (nSPS) is 15.2. The van der Waals surface area contributed by atoms with Crippen LogP contribution in [0.2, 0.25) is 0 Å². The Bertz CT molecular complexity index is 391. The molecule has 0 radical (unpaired) electrons. The Morgan fingerprint density at radius 3 is 1.55 bits per heavy atom. The molecule has 0 rings (SSSR count). The summed E-state index contributed by atoms with van der Waals surface area (Å²) in [5.41, 5.74) is 3.83. The van der Waals surface area contributed by atoms with Crippen LogP contribution < -0.4 is 5.73 Å². The lowest BCUT2D eigenvalue weighted by Gasteiger charge is -2.26. The van der Waals surface area contributed by atoms with E-state index in [1.165, 1.54) is 0 Å². The van der Waals surface area contributed by atoms with Crippen molar-refractivity contribution in [2.75, 3.05) is 0 Å². The number of esters is 2. The van der Waals surface area contributed by atoms with Crippen molar-refractivity contribution in [3.05, 3.63) is 0 Å². The molecule has 0 saturated carbocycles. The van der Waals surface area contributed by atoms with Crippen molar-refractivity contribution in [1.29, 1.82) is 0 Å². The predicted octanol–water partition coefficient (Wildman–Crippen LogP) is 0.698. The third-order valence-corrected chi connectivity index (χ3v) is 1.96. The van der Waals surface area contributed by atoms with Gasteiger partial charge >= 0.3 is 17.9 Å². The van der Waals surface area contributed by atoms with Gasteiger partial charge in [-0.3, -0.25) is 14.4 Å². The summed E-state index contributed by atoms with van der Waals surface area (Å²) in [4.78, 5) is 34.7. The average molecular weight is 289 g/mol. The van der Waals surface area contributed by atoms with Gasteiger partial charge in [-0.25, -0.2) is 0 Å². The first-order valence-electron chi connectivity index (χ1n) is 6.19. The first-order chi connectivity index (χ1) is 8.74. The lowest BCUT2D eigenvalue weighted by Crippen LogP contribution is -2.50. The molecule has 0 heterocycles. The molecule has 0 bridgehead atoms. The van der Waals surface area contributed by atoms with Crippen LogP contribution in [0.1, 0.15) is 41.5 Å². The topological polar surface area (TPSA) is 116 Å². The maximum Gasteiger partial charge on any atom is 0.324 e. The van der Waals surface area contributed by atoms with Crippen LogP contribution in [0.3, 0.4) is 0 Å². The lowest BCUT2D eigenvalue weighted by molar-refractivity contribution is -0.175. The highest BCUT2D eigenvalue weighted by Crippen LogP contribution is 2.16. The highest BCUT2D eigenvalue weighted by atomic mass is 16.6. The third-order valence-electron chi connectivity index (χ3n) is 1.96. The van der Waals surface area contributed by atoms with Gasteiger partial charge < -0.3 is 20.3 Å². The molecule has 0 aromatic carbocycles. The molecule has 0 fully saturated rings. The van der Waals surface area contributed by atoms with Gasteiger partial charge in [0.25, 0.3) is 0 Å². The van der Waals surface area contributed by atoms with Crippen LogP contribution in [0.15, 0.2) is 0 Å². The van der Waals surface area contributed by atoms with Crippen LogP contribution in [0.5, 0.6) is 0 Å². The summed E-state index contributed by atoms with van der Waals surface area (Å²) < 4.78 is 9.93. The van der Waals surface area contributed by atoms with Crippen molar-refractivity contribution < 1.29 is 29.0 Å². The Morgan fingerprint density at radius 1 is 0.900 bits per heavy atom. The van der Waals surface area contributed by atoms with Gasteiger partial charge in [-0.2, -0.15) is 0 Å². The number of carbonyl (C=O) groups excluding carboxylic acids is 2. The van der Waals surface area contributed by atoms with E-state index in [1.807, 2.05) is 0 Å². The van der Waals surface area contributed by atoms with Crippen molar-refractivity contribution in [2.24, 2.45) is 11.7 Å². The van der Waals surface area contributed by atoms with Crippen molar-refractivity contribution in [1.82, 2.24) is 0 Å². The number of carboxylic acid groups (broad SMARTS) is 1. The smallest absolute Gasteiger partial charge is 0.324 e. The molecule has 0 aliphatic rings. The van der Waals surface area contributed by atoms with Crippen molar-refractivity contribution >= 4 is 17.9 Å². The van der Waals surface area contributed by atoms with Crippen molar-refractivity contribution in [3.8, 4) is 0 Å². The number of aliphatic carboxylic acids is 1. The van der Waals surface area contributed by atoms with E-state index in [-0.39, 0.29) is 0 Å². The first kappa shape index (κ1) is 18.4. The summed E-state index contributed by atoms with van der Waals surface area (Å²) in [6, 6.07) is -1.62. The molecular weight excluding hydrogens is 266 g/mol. The second-order valence-corrected chi connectivity index (χ2v) is 6.41. The van der Waals surface area contributed by atoms with E-state index >= 15 is 0 Å². The van der Waals surface area contributed by atoms with Gasteiger partial charge in [-0.1, -0.05) is 0 Å². The molecule has 0 amide bonds. The van der Waals surface area contributed by atoms with Crippen LogP contribution in [0, 0.1) is 5.92 Å². The summed E-state index contributed by atoms with van der Waals surface area (Å²) in [7, 11) is 0. The van der Waals surface area contributed by atoms with Crippen molar-refractivity contribution in [2.45, 2.75) is 58.8 Å². The summed E-state index contributed by atoms with van der Waals surface area (Å²) >= 11 is 0. The van der Waals surface area contributed by atoms with E-state index in [0.717, 1.165) is 0 Å². The van der Waals surface area contributed by atoms with Crippen LogP contribution >= 0.6 is 0 Å². The van der Waals surface area contributed by atoms with Gasteiger partial charge in [0, 0.05) is 0 Å². The molecule has 0 aromatic rings. The molecule has 7 nitrogen and oxygen atoms in total. The van der Waals surface area contributed by atoms with E-state index in [4.69, 9.17) is 20.3 Å². The Labute approximate surface area is 118 Å². The van der Waals surface area contributed by atoms with Gasteiger partial charge in [0.1, 0.15) is 17.2 Å². The number of hydrogen-bond donors (Lipinski definition) is 2. The third kappa shape index (κ3) is 6.51. The largest absolute Gasteiger partial charge is 0.481 e. The SMILES string of the molecule is CC(C)(C)OC(=O)C(N)C(C(=O)O)C(=O)OC(C)(C)C. The maximum atomic E-state index is 11.8. The molecule has 7 heteroatoms. The van der Waals surface area contributed by atoms with E-state index < -0.39 is 41.1 Å². The van der Waals surface area contributed by atoms with Crippen LogP contribution in [0.25, 0.3) is 0 Å². The number of nitrogens with two attached hydrogens (primary N) is 1. The quantitative estimate of drug-likeness (QED) is 0.578. The molecule has 0 aliphatic carbocycles. The molecular formula is C13H23NO6. The zero-order valence-corrected chi connectivity index (χ0v) is 12.7. The number of ether oxygens (including phenoxy) is 2. The monoisotopic (exact) mass is 289 g/mol. The Kier molecular flexibility index (Phi) is 5.71. The predicted molar refractivity (Wildman–Crippen MR) is 70.8 cm³/mol. The Morgan fingerprint density at radius 2 is 1.25 bits per heavy atom. The van der Waals surface area contributed by atoms with Gasteiger partial charge in [0.2, 0.25) is 0 Å². The Hall–Kier alpha value is -1.63. The van der Waals surface area contributed by atoms with Gasteiger partial charge in [-0.05, 0) is 41.5 Å². The van der Waals surface area contributed by atoms with Gasteiger partial charge in [-0.15, -0.1) is 0 Å². The maximum absolute atomic E-state index is 11.8. The molecule has 0 aromatic heterocycles. The fourth-order valence-electron chi connectivity index (χ4n) is 1.27. The molecule has 0 saturated heterocycles. The molecule has 3 N–H and O–H groups in total. The minimum Gasteiger partial charge on any atom is -0.481 e. The minimum absolute atomic E-state index is 0.828. The summed E-state index contributed by atoms with van der Waals surface area (Å²) in [6.45, 7) is 9.59. The standard InChI is InChI=1S/C13H23NO6/c1-12(2,3)19-10(17)7(9(15)16)8(14)11(18)20-13(4,5)6/h7-8H,14H2,1-6H3,(H,15,16). The summed E-state index contributed by atoms with van der Waals surface area (Å²) in [5, 5.41) is 9.07. The Balaban J connectivity index is 5.06. The molecule has 116 valence electrons. The fraction of sp³-hybridized carbons (Fsp3) is 0.769. The molecule has 2 atom stereocenters. The molecule has 0 spiro atoms. The number of carboxylic acids is 1. The van der Waals surface area contributed by atoms with Gasteiger partial charge in [0.15, 0.2) is 5.92 Å². The number of carbonyl (C=O) groups is 3. The van der Waals surface area contributed by atoms with E-state index in [2.05, 4.69) is 0 Å². The first-order valence-corrected chi connectivity index (χ1v) is 6.19. The number of hydrogen-bond acceptors (Lipinski definition) is 6. The molecule has 0 aliphatic heterocycles. The second kappa shape index (κ2) is 6.21. The highest BCUT2D eigenvalue weighted by molar-refractivity contribution is 5.99. The highest BCUT2D eigenvalue weighted by Gasteiger charge is 2.41.